The van der Waals surface area contributed by atoms with Gasteiger partial charge in [-0.05, 0) is 24.8 Å². The smallest absolute Gasteiger partial charge is 0.161 e. The molecule has 1 aromatic heterocycles. The maximum atomic E-state index is 4.57. The Bertz CT molecular complexity index is 501. The molecule has 2 aromatic rings. The van der Waals surface area contributed by atoms with Gasteiger partial charge in [-0.15, -0.1) is 11.8 Å². The van der Waals surface area contributed by atoms with E-state index in [2.05, 4.69) is 52.7 Å². The average molecular weight is 259 g/mol. The van der Waals surface area contributed by atoms with Crippen molar-refractivity contribution in [2.45, 2.75) is 18.2 Å². The van der Waals surface area contributed by atoms with Crippen LogP contribution in [-0.4, -0.2) is 23.3 Å². The topological polar surface area (TPSA) is 37.8 Å². The van der Waals surface area contributed by atoms with Gasteiger partial charge in [-0.2, -0.15) is 0 Å². The molecule has 0 bridgehead atoms. The number of thioether (sulfide) groups is 1. The molecule has 94 valence electrons. The number of nitrogens with one attached hydrogen (secondary N) is 1. The third-order valence-corrected chi connectivity index (χ3v) is 3.49. The Kier molecular flexibility index (Phi) is 4.20. The minimum atomic E-state index is 0.784. The maximum absolute atomic E-state index is 4.57. The molecule has 3 nitrogen and oxygen atoms in total. The molecule has 0 spiro atoms. The highest BCUT2D eigenvalue weighted by Gasteiger charge is 2.05. The largest absolute Gasteiger partial charge is 0.373 e. The van der Waals surface area contributed by atoms with Gasteiger partial charge in [-0.3, -0.25) is 0 Å². The number of nitrogens with zero attached hydrogens (tertiary/aromatic N) is 2. The van der Waals surface area contributed by atoms with Crippen LogP contribution in [0.15, 0.2) is 35.2 Å². The van der Waals surface area contributed by atoms with Gasteiger partial charge in [0.2, 0.25) is 0 Å². The van der Waals surface area contributed by atoms with Crippen LogP contribution in [0, 0.1) is 0 Å². The van der Waals surface area contributed by atoms with Crippen LogP contribution >= 0.6 is 11.8 Å². The van der Waals surface area contributed by atoms with Crippen molar-refractivity contribution >= 4 is 17.6 Å². The molecule has 0 saturated heterocycles. The zero-order valence-corrected chi connectivity index (χ0v) is 11.7. The first-order valence-corrected chi connectivity index (χ1v) is 7.19. The monoisotopic (exact) mass is 259 g/mol. The van der Waals surface area contributed by atoms with E-state index < -0.39 is 0 Å². The lowest BCUT2D eigenvalue weighted by Gasteiger charge is -2.07. The highest BCUT2D eigenvalue weighted by Crippen LogP contribution is 2.22. The van der Waals surface area contributed by atoms with E-state index in [1.807, 2.05) is 13.1 Å². The maximum Gasteiger partial charge on any atom is 0.161 e. The van der Waals surface area contributed by atoms with Crippen molar-refractivity contribution < 1.29 is 0 Å². The van der Waals surface area contributed by atoms with Crippen LogP contribution in [0.25, 0.3) is 11.4 Å². The van der Waals surface area contributed by atoms with E-state index in [9.17, 15) is 0 Å². The van der Waals surface area contributed by atoms with E-state index in [-0.39, 0.29) is 0 Å². The molecule has 18 heavy (non-hydrogen) atoms. The molecule has 1 N–H and O–H groups in total. The normalized spacial score (nSPS) is 10.4. The summed E-state index contributed by atoms with van der Waals surface area (Å²) in [7, 11) is 1.88. The SMILES string of the molecule is CCc1cc(NC)nc(-c2ccc(SC)cc2)n1. The van der Waals surface area contributed by atoms with Crippen molar-refractivity contribution in [3.8, 4) is 11.4 Å². The molecule has 0 aliphatic heterocycles. The van der Waals surface area contributed by atoms with E-state index >= 15 is 0 Å². The Morgan fingerprint density at radius 3 is 2.44 bits per heavy atom. The zero-order chi connectivity index (χ0) is 13.0. The second-order valence-electron chi connectivity index (χ2n) is 3.90. The van der Waals surface area contributed by atoms with E-state index in [1.54, 1.807) is 11.8 Å². The standard InChI is InChI=1S/C14H17N3S/c1-4-11-9-13(15-2)17-14(16-11)10-5-7-12(18-3)8-6-10/h5-9H,4H2,1-3H3,(H,15,16,17). The summed E-state index contributed by atoms with van der Waals surface area (Å²) in [5.41, 5.74) is 2.11. The summed E-state index contributed by atoms with van der Waals surface area (Å²) in [4.78, 5) is 10.3. The highest BCUT2D eigenvalue weighted by atomic mass is 32.2. The Morgan fingerprint density at radius 1 is 1.17 bits per heavy atom. The fourth-order valence-corrected chi connectivity index (χ4v) is 2.08. The number of benzene rings is 1. The molecule has 0 aliphatic rings. The Hall–Kier alpha value is -1.55. The van der Waals surface area contributed by atoms with Gasteiger partial charge in [0.05, 0.1) is 0 Å². The van der Waals surface area contributed by atoms with Crippen LogP contribution < -0.4 is 5.32 Å². The molecule has 0 unspecified atom stereocenters. The van der Waals surface area contributed by atoms with Crippen molar-refractivity contribution in [3.63, 3.8) is 0 Å². The first kappa shape index (κ1) is 12.9. The molecular formula is C14H17N3S. The molecule has 4 heteroatoms. The first-order valence-electron chi connectivity index (χ1n) is 5.97. The van der Waals surface area contributed by atoms with Crippen LogP contribution in [0.5, 0.6) is 0 Å². The molecule has 0 saturated carbocycles. The molecule has 0 aliphatic carbocycles. The van der Waals surface area contributed by atoms with Crippen LogP contribution in [-0.2, 0) is 6.42 Å². The minimum absolute atomic E-state index is 0.784. The number of rotatable bonds is 4. The van der Waals surface area contributed by atoms with Gasteiger partial charge in [-0.25, -0.2) is 9.97 Å². The minimum Gasteiger partial charge on any atom is -0.373 e. The summed E-state index contributed by atoms with van der Waals surface area (Å²) < 4.78 is 0. The molecule has 0 atom stereocenters. The molecule has 2 rings (SSSR count). The van der Waals surface area contributed by atoms with E-state index in [4.69, 9.17) is 0 Å². The van der Waals surface area contributed by atoms with E-state index in [0.717, 1.165) is 29.3 Å². The number of hydrogen-bond donors (Lipinski definition) is 1. The van der Waals surface area contributed by atoms with Gasteiger partial charge in [0.25, 0.3) is 0 Å². The average Bonchev–Trinajstić information content (AvgIpc) is 2.46. The summed E-state index contributed by atoms with van der Waals surface area (Å²) in [6.07, 6.45) is 2.98. The van der Waals surface area contributed by atoms with Crippen molar-refractivity contribution in [1.82, 2.24) is 9.97 Å². The predicted octanol–water partition coefficient (Wildman–Crippen LogP) is 3.47. The van der Waals surface area contributed by atoms with Crippen LogP contribution in [0.2, 0.25) is 0 Å². The molecular weight excluding hydrogens is 242 g/mol. The van der Waals surface area contributed by atoms with Gasteiger partial charge >= 0.3 is 0 Å². The van der Waals surface area contributed by atoms with E-state index in [0.29, 0.717) is 0 Å². The fraction of sp³-hybridized carbons (Fsp3) is 0.286. The predicted molar refractivity (Wildman–Crippen MR) is 78.2 cm³/mol. The van der Waals surface area contributed by atoms with Crippen LogP contribution in [0.3, 0.4) is 0 Å². The Morgan fingerprint density at radius 2 is 1.89 bits per heavy atom. The second-order valence-corrected chi connectivity index (χ2v) is 4.78. The Balaban J connectivity index is 2.41. The van der Waals surface area contributed by atoms with Crippen LogP contribution in [0.4, 0.5) is 5.82 Å². The molecule has 0 radical (unpaired) electrons. The first-order chi connectivity index (χ1) is 8.76. The van der Waals surface area contributed by atoms with Crippen molar-refractivity contribution in [2.24, 2.45) is 0 Å². The number of aromatic nitrogens is 2. The number of anilines is 1. The molecule has 0 fully saturated rings. The lowest BCUT2D eigenvalue weighted by molar-refractivity contribution is 1.01. The van der Waals surface area contributed by atoms with Crippen molar-refractivity contribution in [1.29, 1.82) is 0 Å². The van der Waals surface area contributed by atoms with Gasteiger partial charge in [0.15, 0.2) is 5.82 Å². The number of hydrogen-bond acceptors (Lipinski definition) is 4. The van der Waals surface area contributed by atoms with Gasteiger partial charge in [-0.1, -0.05) is 19.1 Å². The molecule has 1 heterocycles. The summed E-state index contributed by atoms with van der Waals surface area (Å²) in [6, 6.07) is 10.3. The van der Waals surface area contributed by atoms with E-state index in [1.165, 1.54) is 4.90 Å². The quantitative estimate of drug-likeness (QED) is 0.853. The zero-order valence-electron chi connectivity index (χ0n) is 10.9. The van der Waals surface area contributed by atoms with Gasteiger partial charge < -0.3 is 5.32 Å². The summed E-state index contributed by atoms with van der Waals surface area (Å²) >= 11 is 1.73. The third-order valence-electron chi connectivity index (χ3n) is 2.75. The second kappa shape index (κ2) is 5.87. The Labute approximate surface area is 112 Å². The van der Waals surface area contributed by atoms with Crippen molar-refractivity contribution in [2.75, 3.05) is 18.6 Å². The fourth-order valence-electron chi connectivity index (χ4n) is 1.68. The lowest BCUT2D eigenvalue weighted by atomic mass is 10.2. The van der Waals surface area contributed by atoms with Crippen molar-refractivity contribution in [3.05, 3.63) is 36.0 Å². The van der Waals surface area contributed by atoms with Crippen LogP contribution in [0.1, 0.15) is 12.6 Å². The lowest BCUT2D eigenvalue weighted by Crippen LogP contribution is -2.00. The number of aryl methyl sites for hydroxylation is 1. The molecule has 1 aromatic carbocycles. The van der Waals surface area contributed by atoms with Gasteiger partial charge in [0.1, 0.15) is 5.82 Å². The summed E-state index contributed by atoms with van der Waals surface area (Å²) in [5, 5.41) is 3.08. The summed E-state index contributed by atoms with van der Waals surface area (Å²) in [5.74, 6) is 1.65. The summed E-state index contributed by atoms with van der Waals surface area (Å²) in [6.45, 7) is 2.10. The molecule has 0 amide bonds. The third kappa shape index (κ3) is 2.82. The highest BCUT2D eigenvalue weighted by molar-refractivity contribution is 7.98. The van der Waals surface area contributed by atoms with Gasteiger partial charge in [0, 0.05) is 29.3 Å².